The van der Waals surface area contributed by atoms with Crippen molar-refractivity contribution in [3.05, 3.63) is 30.1 Å². The number of rotatable bonds is 7. The number of fused-ring (bicyclic) bond motifs is 1. The lowest BCUT2D eigenvalue weighted by Crippen LogP contribution is -2.24. The second kappa shape index (κ2) is 6.68. The lowest BCUT2D eigenvalue weighted by Gasteiger charge is -2.12. The Kier molecular flexibility index (Phi) is 4.93. The third-order valence-corrected chi connectivity index (χ3v) is 3.36. The van der Waals surface area contributed by atoms with Crippen LogP contribution in [0.3, 0.4) is 0 Å². The summed E-state index contributed by atoms with van der Waals surface area (Å²) in [6, 6.07) is 8.40. The van der Waals surface area contributed by atoms with E-state index in [2.05, 4.69) is 17.6 Å². The van der Waals surface area contributed by atoms with Crippen LogP contribution in [-0.2, 0) is 17.7 Å². The quantitative estimate of drug-likeness (QED) is 0.832. The van der Waals surface area contributed by atoms with Crippen molar-refractivity contribution >= 4 is 11.0 Å². The number of para-hydroxylation sites is 2. The number of hydrogen-bond acceptors (Lipinski definition) is 3. The van der Waals surface area contributed by atoms with Gasteiger partial charge in [-0.05, 0) is 18.6 Å². The molecule has 1 heterocycles. The molecule has 1 aromatic heterocycles. The van der Waals surface area contributed by atoms with E-state index in [9.17, 15) is 0 Å². The van der Waals surface area contributed by atoms with Gasteiger partial charge >= 0.3 is 0 Å². The first kappa shape index (κ1) is 14.0. The molecule has 2 aromatic rings. The van der Waals surface area contributed by atoms with Crippen molar-refractivity contribution in [2.24, 2.45) is 5.73 Å². The Hall–Kier alpha value is -1.39. The molecule has 2 N–H and O–H groups in total. The normalized spacial score (nSPS) is 13.0. The van der Waals surface area contributed by atoms with Gasteiger partial charge in [-0.1, -0.05) is 25.5 Å². The van der Waals surface area contributed by atoms with E-state index in [-0.39, 0.29) is 6.04 Å². The molecule has 0 aliphatic heterocycles. The summed E-state index contributed by atoms with van der Waals surface area (Å²) in [6.45, 7) is 3.68. The van der Waals surface area contributed by atoms with Crippen LogP contribution in [0.15, 0.2) is 24.3 Å². The first-order valence-corrected chi connectivity index (χ1v) is 6.95. The third-order valence-electron chi connectivity index (χ3n) is 3.36. The van der Waals surface area contributed by atoms with Gasteiger partial charge in [-0.15, -0.1) is 0 Å². The summed E-state index contributed by atoms with van der Waals surface area (Å²) in [5.74, 6) is 1.07. The van der Waals surface area contributed by atoms with E-state index in [1.165, 1.54) is 5.52 Å². The Bertz CT molecular complexity index is 521. The number of hydrogen-bond donors (Lipinski definition) is 1. The molecule has 0 saturated heterocycles. The van der Waals surface area contributed by atoms with Gasteiger partial charge in [0, 0.05) is 26.1 Å². The molecule has 2 rings (SSSR count). The second-order valence-electron chi connectivity index (χ2n) is 4.91. The Labute approximate surface area is 114 Å². The van der Waals surface area contributed by atoms with Gasteiger partial charge in [0.15, 0.2) is 0 Å². The summed E-state index contributed by atoms with van der Waals surface area (Å²) in [5, 5.41) is 0. The summed E-state index contributed by atoms with van der Waals surface area (Å²) in [5.41, 5.74) is 8.36. The zero-order valence-electron chi connectivity index (χ0n) is 11.8. The topological polar surface area (TPSA) is 53.1 Å². The van der Waals surface area contributed by atoms with Crippen LogP contribution < -0.4 is 5.73 Å². The van der Waals surface area contributed by atoms with Crippen molar-refractivity contribution in [2.45, 2.75) is 38.8 Å². The lowest BCUT2D eigenvalue weighted by molar-refractivity contribution is 0.187. The van der Waals surface area contributed by atoms with Gasteiger partial charge in [-0.25, -0.2) is 4.98 Å². The molecule has 0 fully saturated rings. The van der Waals surface area contributed by atoms with Gasteiger partial charge in [-0.2, -0.15) is 0 Å². The maximum Gasteiger partial charge on any atom is 0.111 e. The van der Waals surface area contributed by atoms with Crippen LogP contribution in [0, 0.1) is 0 Å². The highest BCUT2D eigenvalue weighted by Gasteiger charge is 2.13. The Morgan fingerprint density at radius 3 is 2.89 bits per heavy atom. The van der Waals surface area contributed by atoms with E-state index >= 15 is 0 Å². The van der Waals surface area contributed by atoms with Crippen LogP contribution in [0.25, 0.3) is 11.0 Å². The molecular weight excluding hydrogens is 238 g/mol. The molecule has 0 bridgehead atoms. The number of aromatic nitrogens is 2. The van der Waals surface area contributed by atoms with Gasteiger partial charge in [0.1, 0.15) is 5.82 Å². The molecule has 0 aliphatic carbocycles. The van der Waals surface area contributed by atoms with Crippen LogP contribution in [0.4, 0.5) is 0 Å². The Morgan fingerprint density at radius 1 is 1.37 bits per heavy atom. The fourth-order valence-electron chi connectivity index (χ4n) is 2.42. The van der Waals surface area contributed by atoms with Crippen LogP contribution in [0.5, 0.6) is 0 Å². The van der Waals surface area contributed by atoms with Crippen molar-refractivity contribution in [3.8, 4) is 0 Å². The van der Waals surface area contributed by atoms with E-state index in [1.54, 1.807) is 7.11 Å². The Balaban J connectivity index is 2.29. The van der Waals surface area contributed by atoms with E-state index in [0.29, 0.717) is 6.61 Å². The number of ether oxygens (including phenoxy) is 1. The number of nitrogens with two attached hydrogens (primary N) is 1. The average Bonchev–Trinajstić information content (AvgIpc) is 2.74. The molecule has 0 spiro atoms. The van der Waals surface area contributed by atoms with Gasteiger partial charge in [0.25, 0.3) is 0 Å². The fraction of sp³-hybridized carbons (Fsp3) is 0.533. The second-order valence-corrected chi connectivity index (χ2v) is 4.91. The number of imidazole rings is 1. The minimum Gasteiger partial charge on any atom is -0.383 e. The molecule has 4 heteroatoms. The molecule has 0 saturated carbocycles. The van der Waals surface area contributed by atoms with E-state index in [1.807, 2.05) is 18.2 Å². The predicted molar refractivity (Wildman–Crippen MR) is 78.2 cm³/mol. The molecule has 1 aromatic carbocycles. The van der Waals surface area contributed by atoms with Gasteiger partial charge in [-0.3, -0.25) is 0 Å². The first-order valence-electron chi connectivity index (χ1n) is 6.95. The van der Waals surface area contributed by atoms with Gasteiger partial charge in [0.05, 0.1) is 17.6 Å². The van der Waals surface area contributed by atoms with Crippen LogP contribution in [0.2, 0.25) is 0 Å². The molecule has 104 valence electrons. The minimum atomic E-state index is 0.183. The number of benzene rings is 1. The SMILES string of the molecule is CCCC(N)Cc1nc2ccccc2n1CCOC. The lowest BCUT2D eigenvalue weighted by atomic mass is 10.1. The van der Waals surface area contributed by atoms with E-state index in [4.69, 9.17) is 15.5 Å². The Morgan fingerprint density at radius 2 is 2.16 bits per heavy atom. The summed E-state index contributed by atoms with van der Waals surface area (Å²) in [6.07, 6.45) is 2.97. The fourth-order valence-corrected chi connectivity index (χ4v) is 2.42. The highest BCUT2D eigenvalue weighted by atomic mass is 16.5. The zero-order valence-corrected chi connectivity index (χ0v) is 11.8. The van der Waals surface area contributed by atoms with Crippen LogP contribution in [0.1, 0.15) is 25.6 Å². The van der Waals surface area contributed by atoms with Crippen molar-refractivity contribution in [1.82, 2.24) is 9.55 Å². The van der Waals surface area contributed by atoms with E-state index < -0.39 is 0 Å². The number of methoxy groups -OCH3 is 1. The monoisotopic (exact) mass is 261 g/mol. The highest BCUT2D eigenvalue weighted by Crippen LogP contribution is 2.17. The summed E-state index contributed by atoms with van der Waals surface area (Å²) < 4.78 is 7.42. The average molecular weight is 261 g/mol. The zero-order chi connectivity index (χ0) is 13.7. The smallest absolute Gasteiger partial charge is 0.111 e. The molecule has 0 aliphatic rings. The standard InChI is InChI=1S/C15H23N3O/c1-3-6-12(16)11-15-17-13-7-4-5-8-14(13)18(15)9-10-19-2/h4-5,7-8,12H,3,6,9-11,16H2,1-2H3. The highest BCUT2D eigenvalue weighted by molar-refractivity contribution is 5.75. The maximum atomic E-state index is 6.15. The molecule has 1 atom stereocenters. The third kappa shape index (κ3) is 3.33. The van der Waals surface area contributed by atoms with Crippen molar-refractivity contribution < 1.29 is 4.74 Å². The van der Waals surface area contributed by atoms with Crippen LogP contribution in [-0.4, -0.2) is 29.3 Å². The van der Waals surface area contributed by atoms with Crippen LogP contribution >= 0.6 is 0 Å². The summed E-state index contributed by atoms with van der Waals surface area (Å²) in [7, 11) is 1.72. The summed E-state index contributed by atoms with van der Waals surface area (Å²) >= 11 is 0. The first-order chi connectivity index (χ1) is 9.26. The van der Waals surface area contributed by atoms with Gasteiger partial charge < -0.3 is 15.0 Å². The minimum absolute atomic E-state index is 0.183. The molecule has 1 unspecified atom stereocenters. The molecule has 0 radical (unpaired) electrons. The molecule has 4 nitrogen and oxygen atoms in total. The van der Waals surface area contributed by atoms with E-state index in [0.717, 1.165) is 37.1 Å². The van der Waals surface area contributed by atoms with Crippen molar-refractivity contribution in [1.29, 1.82) is 0 Å². The largest absolute Gasteiger partial charge is 0.383 e. The predicted octanol–water partition coefficient (Wildman–Crippen LogP) is 2.35. The molecule has 0 amide bonds. The maximum absolute atomic E-state index is 6.15. The van der Waals surface area contributed by atoms with Crippen molar-refractivity contribution in [2.75, 3.05) is 13.7 Å². The van der Waals surface area contributed by atoms with Gasteiger partial charge in [0.2, 0.25) is 0 Å². The van der Waals surface area contributed by atoms with Crippen molar-refractivity contribution in [3.63, 3.8) is 0 Å². The summed E-state index contributed by atoms with van der Waals surface area (Å²) in [4.78, 5) is 4.72. The number of nitrogens with zero attached hydrogens (tertiary/aromatic N) is 2. The molecule has 19 heavy (non-hydrogen) atoms. The molecular formula is C15H23N3O.